The van der Waals surface area contributed by atoms with Gasteiger partial charge < -0.3 is 5.11 Å². The molecule has 0 aliphatic rings. The van der Waals surface area contributed by atoms with Gasteiger partial charge in [-0.1, -0.05) is 17.7 Å². The number of benzene rings is 2. The number of aromatic hydroxyl groups is 1. The lowest BCUT2D eigenvalue weighted by Gasteiger charge is -2.03. The number of aryl methyl sites for hydroxylation is 1. The molecule has 2 aromatic rings. The average Bonchev–Trinajstić information content (AvgIpc) is 2.43. The van der Waals surface area contributed by atoms with E-state index in [1.54, 1.807) is 24.3 Å². The van der Waals surface area contributed by atoms with Crippen molar-refractivity contribution in [2.24, 2.45) is 5.10 Å². The Labute approximate surface area is 136 Å². The Morgan fingerprint density at radius 1 is 1.19 bits per heavy atom. The Kier molecular flexibility index (Phi) is 4.84. The van der Waals surface area contributed by atoms with E-state index >= 15 is 0 Å². The molecule has 2 N–H and O–H groups in total. The zero-order valence-electron chi connectivity index (χ0n) is 11.1. The summed E-state index contributed by atoms with van der Waals surface area (Å²) < 4.78 is 24.6. The van der Waals surface area contributed by atoms with Crippen LogP contribution >= 0.6 is 22.6 Å². The minimum atomic E-state index is -3.66. The third kappa shape index (κ3) is 4.18. The number of sulfonamides is 1. The second kappa shape index (κ2) is 6.44. The third-order valence-corrected chi connectivity index (χ3v) is 4.79. The summed E-state index contributed by atoms with van der Waals surface area (Å²) in [5, 5.41) is 13.1. The van der Waals surface area contributed by atoms with Crippen molar-refractivity contribution in [3.63, 3.8) is 0 Å². The molecule has 2 aromatic carbocycles. The summed E-state index contributed by atoms with van der Waals surface area (Å²) in [7, 11) is -3.66. The van der Waals surface area contributed by atoms with Crippen molar-refractivity contribution in [1.82, 2.24) is 4.83 Å². The Morgan fingerprint density at radius 2 is 1.86 bits per heavy atom. The van der Waals surface area contributed by atoms with Gasteiger partial charge in [0, 0.05) is 0 Å². The van der Waals surface area contributed by atoms with Gasteiger partial charge in [0.1, 0.15) is 5.75 Å². The molecule has 0 heterocycles. The lowest BCUT2D eigenvalue weighted by atomic mass is 10.2. The second-order valence-electron chi connectivity index (χ2n) is 4.38. The van der Waals surface area contributed by atoms with Crippen LogP contribution in [-0.4, -0.2) is 19.7 Å². The third-order valence-electron chi connectivity index (χ3n) is 2.69. The molecule has 5 nitrogen and oxygen atoms in total. The summed E-state index contributed by atoms with van der Waals surface area (Å²) in [4.78, 5) is 2.31. The predicted molar refractivity (Wildman–Crippen MR) is 89.9 cm³/mol. The van der Waals surface area contributed by atoms with Crippen LogP contribution in [0.2, 0.25) is 0 Å². The highest BCUT2D eigenvalue weighted by Crippen LogP contribution is 2.19. The Morgan fingerprint density at radius 3 is 2.48 bits per heavy atom. The van der Waals surface area contributed by atoms with Gasteiger partial charge in [-0.3, -0.25) is 0 Å². The van der Waals surface area contributed by atoms with Gasteiger partial charge in [0.2, 0.25) is 0 Å². The summed E-state index contributed by atoms with van der Waals surface area (Å²) in [6, 6.07) is 11.4. The van der Waals surface area contributed by atoms with Crippen LogP contribution < -0.4 is 4.83 Å². The summed E-state index contributed by atoms with van der Waals surface area (Å²) in [5.41, 5.74) is 1.67. The van der Waals surface area contributed by atoms with Crippen LogP contribution in [-0.2, 0) is 10.0 Å². The molecule has 0 saturated heterocycles. The van der Waals surface area contributed by atoms with Crippen molar-refractivity contribution >= 4 is 38.8 Å². The molecule has 2 rings (SSSR count). The van der Waals surface area contributed by atoms with Crippen molar-refractivity contribution in [1.29, 1.82) is 0 Å². The fraction of sp³-hybridized carbons (Fsp3) is 0.0714. The van der Waals surface area contributed by atoms with E-state index in [-0.39, 0.29) is 10.6 Å². The van der Waals surface area contributed by atoms with Gasteiger partial charge in [0.25, 0.3) is 10.0 Å². The molecule has 0 aliphatic carbocycles. The van der Waals surface area contributed by atoms with E-state index in [9.17, 15) is 13.5 Å². The van der Waals surface area contributed by atoms with Crippen LogP contribution in [0.15, 0.2) is 52.5 Å². The van der Waals surface area contributed by atoms with Crippen molar-refractivity contribution in [3.05, 3.63) is 57.2 Å². The minimum Gasteiger partial charge on any atom is -0.507 e. The largest absolute Gasteiger partial charge is 0.507 e. The van der Waals surface area contributed by atoms with Crippen LogP contribution in [0.3, 0.4) is 0 Å². The first-order chi connectivity index (χ1) is 9.88. The number of hydrogen-bond acceptors (Lipinski definition) is 4. The Bertz CT molecular complexity index is 771. The zero-order chi connectivity index (χ0) is 15.5. The van der Waals surface area contributed by atoms with Crippen LogP contribution in [0.1, 0.15) is 11.1 Å². The smallest absolute Gasteiger partial charge is 0.276 e. The predicted octanol–water partition coefficient (Wildman–Crippen LogP) is 2.62. The molecule has 0 saturated carbocycles. The number of halogens is 1. The first-order valence-corrected chi connectivity index (χ1v) is 8.55. The molecule has 0 atom stereocenters. The average molecular weight is 416 g/mol. The molecule has 0 aliphatic heterocycles. The molecule has 0 bridgehead atoms. The van der Waals surface area contributed by atoms with Gasteiger partial charge in [-0.05, 0) is 65.4 Å². The fourth-order valence-electron chi connectivity index (χ4n) is 1.54. The maximum Gasteiger partial charge on any atom is 0.276 e. The SMILES string of the molecule is Cc1ccc(S(=O)(=O)N/N=C\c2ccc(O)c(I)c2)cc1. The second-order valence-corrected chi connectivity index (χ2v) is 7.20. The lowest BCUT2D eigenvalue weighted by Crippen LogP contribution is -2.18. The van der Waals surface area contributed by atoms with E-state index in [0.29, 0.717) is 9.13 Å². The quantitative estimate of drug-likeness (QED) is 0.457. The van der Waals surface area contributed by atoms with Gasteiger partial charge in [-0.25, -0.2) is 4.83 Å². The topological polar surface area (TPSA) is 78.8 Å². The minimum absolute atomic E-state index is 0.158. The molecular formula is C14H13IN2O3S. The highest BCUT2D eigenvalue weighted by molar-refractivity contribution is 14.1. The van der Waals surface area contributed by atoms with Crippen molar-refractivity contribution in [2.45, 2.75) is 11.8 Å². The van der Waals surface area contributed by atoms with Gasteiger partial charge in [0.15, 0.2) is 0 Å². The molecule has 0 amide bonds. The standard InChI is InChI=1S/C14H13IN2O3S/c1-10-2-5-12(6-3-10)21(19,20)17-16-9-11-4-7-14(18)13(15)8-11/h2-9,17-18H,1H3/b16-9-. The molecule has 110 valence electrons. The molecule has 0 unspecified atom stereocenters. The molecule has 0 aromatic heterocycles. The zero-order valence-corrected chi connectivity index (χ0v) is 14.1. The fourth-order valence-corrected chi connectivity index (χ4v) is 2.87. The van der Waals surface area contributed by atoms with E-state index in [0.717, 1.165) is 5.56 Å². The number of nitrogens with zero attached hydrogens (tertiary/aromatic N) is 1. The molecule has 7 heteroatoms. The number of hydrogen-bond donors (Lipinski definition) is 2. The van der Waals surface area contributed by atoms with E-state index < -0.39 is 10.0 Å². The molecule has 0 fully saturated rings. The highest BCUT2D eigenvalue weighted by Gasteiger charge is 2.11. The van der Waals surface area contributed by atoms with E-state index in [1.807, 2.05) is 29.5 Å². The number of hydrazone groups is 1. The van der Waals surface area contributed by atoms with Crippen LogP contribution in [0.5, 0.6) is 5.75 Å². The van der Waals surface area contributed by atoms with Crippen molar-refractivity contribution in [3.8, 4) is 5.75 Å². The summed E-state index contributed by atoms with van der Waals surface area (Å²) >= 11 is 1.98. The van der Waals surface area contributed by atoms with E-state index in [1.165, 1.54) is 24.4 Å². The maximum absolute atomic E-state index is 12.0. The maximum atomic E-state index is 12.0. The normalized spacial score (nSPS) is 11.7. The van der Waals surface area contributed by atoms with E-state index in [2.05, 4.69) is 9.93 Å². The van der Waals surface area contributed by atoms with Crippen molar-refractivity contribution < 1.29 is 13.5 Å². The summed E-state index contributed by atoms with van der Waals surface area (Å²) in [6.45, 7) is 1.88. The van der Waals surface area contributed by atoms with E-state index in [4.69, 9.17) is 0 Å². The van der Waals surface area contributed by atoms with Crippen LogP contribution in [0.4, 0.5) is 0 Å². The number of phenolic OH excluding ortho intramolecular Hbond substituents is 1. The van der Waals surface area contributed by atoms with Crippen LogP contribution in [0.25, 0.3) is 0 Å². The highest BCUT2D eigenvalue weighted by atomic mass is 127. The van der Waals surface area contributed by atoms with Gasteiger partial charge >= 0.3 is 0 Å². The summed E-state index contributed by atoms with van der Waals surface area (Å²) in [6.07, 6.45) is 1.38. The Hall–Kier alpha value is -1.61. The molecule has 0 spiro atoms. The number of rotatable bonds is 4. The molecule has 21 heavy (non-hydrogen) atoms. The first kappa shape index (κ1) is 15.8. The van der Waals surface area contributed by atoms with Crippen molar-refractivity contribution in [2.75, 3.05) is 0 Å². The van der Waals surface area contributed by atoms with Crippen LogP contribution in [0, 0.1) is 10.5 Å². The number of nitrogens with one attached hydrogen (secondary N) is 1. The van der Waals surface area contributed by atoms with Gasteiger partial charge in [-0.2, -0.15) is 13.5 Å². The van der Waals surface area contributed by atoms with Gasteiger partial charge in [0.05, 0.1) is 14.7 Å². The molecule has 0 radical (unpaired) electrons. The Balaban J connectivity index is 2.12. The number of phenols is 1. The van der Waals surface area contributed by atoms with Gasteiger partial charge in [-0.15, -0.1) is 0 Å². The monoisotopic (exact) mass is 416 g/mol. The first-order valence-electron chi connectivity index (χ1n) is 5.98. The summed E-state index contributed by atoms with van der Waals surface area (Å²) in [5.74, 6) is 0.174. The lowest BCUT2D eigenvalue weighted by molar-refractivity contribution is 0.471. The molecular weight excluding hydrogens is 403 g/mol.